The molecule has 0 fully saturated rings. The molecule has 0 aromatic heterocycles. The Bertz CT molecular complexity index is 188. The summed E-state index contributed by atoms with van der Waals surface area (Å²) < 4.78 is 0. The van der Waals surface area contributed by atoms with Crippen LogP contribution in [0.3, 0.4) is 0 Å². The van der Waals surface area contributed by atoms with Crippen molar-refractivity contribution in [2.75, 3.05) is 0 Å². The third-order valence-corrected chi connectivity index (χ3v) is 0.867. The molecule has 0 atom stereocenters. The zero-order valence-corrected chi connectivity index (χ0v) is 29.6. The van der Waals surface area contributed by atoms with Gasteiger partial charge in [0, 0.05) is 107 Å². The maximum atomic E-state index is 5.06. The monoisotopic (exact) mass is 628 g/mol. The van der Waals surface area contributed by atoms with E-state index in [9.17, 15) is 0 Å². The molecule has 168 valence electrons. The van der Waals surface area contributed by atoms with Crippen molar-refractivity contribution in [3.63, 3.8) is 0 Å². The molecule has 0 saturated heterocycles. The van der Waals surface area contributed by atoms with Crippen LogP contribution in [-0.4, -0.2) is 8.41 Å². The minimum absolute atomic E-state index is 0. The van der Waals surface area contributed by atoms with Gasteiger partial charge in [0.15, 0.2) is 0 Å². The van der Waals surface area contributed by atoms with Crippen LogP contribution < -0.4 is 0 Å². The van der Waals surface area contributed by atoms with Crippen LogP contribution in [0.25, 0.3) is 0 Å². The van der Waals surface area contributed by atoms with Crippen LogP contribution in [-0.2, 0) is 98.1 Å². The molecule has 0 rings (SSSR count). The van der Waals surface area contributed by atoms with Gasteiger partial charge < -0.3 is 74.9 Å². The van der Waals surface area contributed by atoms with Gasteiger partial charge in [0.25, 0.3) is 0 Å². The Hall–Kier alpha value is 1.82. The first kappa shape index (κ1) is 86.3. The first-order valence-corrected chi connectivity index (χ1v) is 8.87. The average molecular weight is 628 g/mol. The predicted octanol–water partition coefficient (Wildman–Crippen LogP) is 9.05. The SMILES string of the molecule is C.CC.CC.CC.CC.CC.[B].[CH-]=CC(C)=[C-]C.[CH-]=CC=[CH-].[CH-]=CC=[CH-].[Y].[Y].[Y]. The van der Waals surface area contributed by atoms with Crippen molar-refractivity contribution in [1.82, 2.24) is 0 Å². The van der Waals surface area contributed by atoms with E-state index in [-0.39, 0.29) is 114 Å². The van der Waals surface area contributed by atoms with E-state index in [2.05, 4.69) is 6.08 Å². The molecule has 4 heteroatoms. The van der Waals surface area contributed by atoms with Crippen molar-refractivity contribution in [3.8, 4) is 0 Å². The molecule has 0 unspecified atom stereocenters. The summed E-state index contributed by atoms with van der Waals surface area (Å²) >= 11 is 0. The van der Waals surface area contributed by atoms with Crippen molar-refractivity contribution in [2.45, 2.75) is 90.5 Å². The van der Waals surface area contributed by atoms with Gasteiger partial charge in [-0.2, -0.15) is 0 Å². The minimum Gasteiger partial charge on any atom is -0.394 e. The molecule has 0 amide bonds. The Labute approximate surface area is 268 Å². The standard InChI is InChI=1S/C6H8.2C4H4.5C2H6.CH4.B.3Y/c1-4-6(3)5-2;2*1-3-4-2;5*1-2;;;;;/h1,4H,2-3H3;2*1-4H;5*1-2H3;1H4;;;;/q3*-2;;;;;;;;;;. The van der Waals surface area contributed by atoms with Crippen LogP contribution in [0.15, 0.2) is 36.0 Å². The van der Waals surface area contributed by atoms with Gasteiger partial charge in [0.1, 0.15) is 0 Å². The summed E-state index contributed by atoms with van der Waals surface area (Å²) in [7, 11) is 0. The Kier molecular flexibility index (Phi) is 630. The molecule has 0 saturated carbocycles. The third kappa shape index (κ3) is 378. The van der Waals surface area contributed by atoms with Crippen LogP contribution in [0.2, 0.25) is 0 Å². The average Bonchev–Trinajstić information content (AvgIpc) is 2.74. The molecule has 0 spiro atoms. The van der Waals surface area contributed by atoms with Crippen LogP contribution in [0.4, 0.5) is 0 Å². The summed E-state index contributed by atoms with van der Waals surface area (Å²) in [5.74, 6) is 0. The first-order chi connectivity index (χ1) is 11.6. The van der Waals surface area contributed by atoms with Crippen molar-refractivity contribution < 1.29 is 98.1 Å². The zero-order chi connectivity index (χ0) is 21.8. The first-order valence-electron chi connectivity index (χ1n) is 8.87. The van der Waals surface area contributed by atoms with Gasteiger partial charge in [-0.05, 0) is 0 Å². The fraction of sp³-hybridized carbons (Fsp3) is 0.520. The van der Waals surface area contributed by atoms with Crippen molar-refractivity contribution in [2.24, 2.45) is 0 Å². The van der Waals surface area contributed by atoms with E-state index in [0.29, 0.717) is 0 Å². The molecule has 0 nitrogen and oxygen atoms in total. The van der Waals surface area contributed by atoms with Gasteiger partial charge in [0.05, 0.1) is 0 Å². The topological polar surface area (TPSA) is 0 Å². The van der Waals surface area contributed by atoms with Gasteiger partial charge in [-0.25, -0.2) is 0 Å². The summed E-state index contributed by atoms with van der Waals surface area (Å²) in [6, 6.07) is 0. The van der Waals surface area contributed by atoms with Gasteiger partial charge in [-0.3, -0.25) is 0 Å². The molecule has 0 aromatic carbocycles. The summed E-state index contributed by atoms with van der Waals surface area (Å²) in [5.41, 5.74) is 0.995. The second-order valence-electron chi connectivity index (χ2n) is 1.87. The third-order valence-electron chi connectivity index (χ3n) is 0.867. The summed E-state index contributed by atoms with van der Waals surface area (Å²) in [5, 5.41) is 0. The Morgan fingerprint density at radius 1 is 0.552 bits per heavy atom. The molecule has 0 bridgehead atoms. The molecule has 0 aliphatic carbocycles. The summed E-state index contributed by atoms with van der Waals surface area (Å²) in [4.78, 5) is 0. The van der Waals surface area contributed by atoms with E-state index in [1.165, 1.54) is 30.4 Å². The zero-order valence-electron chi connectivity index (χ0n) is 21.1. The second kappa shape index (κ2) is 212. The molecule has 0 heterocycles. The van der Waals surface area contributed by atoms with E-state index in [1.807, 2.05) is 83.1 Å². The van der Waals surface area contributed by atoms with E-state index in [4.69, 9.17) is 32.9 Å². The predicted molar refractivity (Wildman–Crippen MR) is 132 cm³/mol. The largest absolute Gasteiger partial charge is 0.394 e. The van der Waals surface area contributed by atoms with E-state index in [0.717, 1.165) is 5.57 Å². The van der Waals surface area contributed by atoms with Crippen molar-refractivity contribution in [1.29, 1.82) is 0 Å². The molecule has 6 radical (unpaired) electrons. The number of rotatable bonds is 3. The van der Waals surface area contributed by atoms with E-state index in [1.54, 1.807) is 0 Å². The van der Waals surface area contributed by atoms with E-state index >= 15 is 0 Å². The Morgan fingerprint density at radius 3 is 0.690 bits per heavy atom. The van der Waals surface area contributed by atoms with Gasteiger partial charge in [0.2, 0.25) is 0 Å². The normalized spacial score (nSPS) is 4.76. The van der Waals surface area contributed by atoms with Gasteiger partial charge in [-0.1, -0.05) is 76.7 Å². The van der Waals surface area contributed by atoms with Crippen LogP contribution in [0.1, 0.15) is 90.5 Å². The quantitative estimate of drug-likeness (QED) is 0.166. The van der Waals surface area contributed by atoms with Crippen LogP contribution in [0.5, 0.6) is 0 Å². The molecule has 0 aromatic rings. The van der Waals surface area contributed by atoms with Gasteiger partial charge >= 0.3 is 0 Å². The van der Waals surface area contributed by atoms with Crippen LogP contribution in [0, 0.1) is 39.0 Å². The second-order valence-corrected chi connectivity index (χ2v) is 1.87. The maximum absolute atomic E-state index is 5.06. The van der Waals surface area contributed by atoms with Gasteiger partial charge in [-0.15, -0.1) is 13.8 Å². The number of hydrogen-bond donors (Lipinski definition) is 0. The summed E-state index contributed by atoms with van der Waals surface area (Å²) in [6.07, 6.45) is 9.49. The fourth-order valence-electron chi connectivity index (χ4n) is 0.0833. The molecule has 0 aliphatic heterocycles. The Balaban J connectivity index is -0.00000000935. The molecular formula is C25H50BY3-6. The molecule has 0 N–H and O–H groups in total. The molecule has 0 aliphatic rings. The Morgan fingerprint density at radius 2 is 0.690 bits per heavy atom. The maximum Gasteiger partial charge on any atom is 0 e. The number of allylic oxidation sites excluding steroid dienone is 7. The van der Waals surface area contributed by atoms with Crippen LogP contribution >= 0.6 is 0 Å². The molecule has 29 heavy (non-hydrogen) atoms. The molecular weight excluding hydrogens is 578 g/mol. The van der Waals surface area contributed by atoms with Crippen molar-refractivity contribution in [3.05, 3.63) is 74.9 Å². The fourth-order valence-corrected chi connectivity index (χ4v) is 0.0833. The van der Waals surface area contributed by atoms with Crippen molar-refractivity contribution >= 4 is 8.41 Å². The minimum atomic E-state index is 0. The van der Waals surface area contributed by atoms with E-state index < -0.39 is 0 Å². The summed E-state index contributed by atoms with van der Waals surface area (Å²) in [6.45, 7) is 47.7. The smallest absolute Gasteiger partial charge is 0 e. The number of hydrogen-bond acceptors (Lipinski definition) is 0.